The van der Waals surface area contributed by atoms with Crippen molar-refractivity contribution in [1.82, 2.24) is 44.8 Å². The molecule has 0 radical (unpaired) electrons. The van der Waals surface area contributed by atoms with Crippen LogP contribution in [0.1, 0.15) is 36.8 Å². The van der Waals surface area contributed by atoms with Crippen LogP contribution in [0.2, 0.25) is 0 Å². The average molecular weight is 833 g/mol. The number of nitrogens with zero attached hydrogens (tertiary/aromatic N) is 12. The van der Waals surface area contributed by atoms with Gasteiger partial charge in [-0.15, -0.1) is 0 Å². The minimum Gasteiger partial charge on any atom is -0.355 e. The van der Waals surface area contributed by atoms with E-state index in [-0.39, 0.29) is 6.04 Å². The zero-order valence-electron chi connectivity index (χ0n) is 35.6. The van der Waals surface area contributed by atoms with Crippen LogP contribution in [-0.2, 0) is 14.1 Å². The van der Waals surface area contributed by atoms with Crippen LogP contribution in [0.15, 0.2) is 110 Å². The van der Waals surface area contributed by atoms with Gasteiger partial charge in [0.05, 0.1) is 69.5 Å². The van der Waals surface area contributed by atoms with Crippen molar-refractivity contribution in [1.29, 1.82) is 10.5 Å². The molecule has 14 heteroatoms. The van der Waals surface area contributed by atoms with Gasteiger partial charge in [-0.05, 0) is 75.2 Å². The molecule has 8 aromatic rings. The molecule has 3 N–H and O–H groups in total. The highest BCUT2D eigenvalue weighted by Crippen LogP contribution is 2.35. The van der Waals surface area contributed by atoms with Crippen LogP contribution in [0, 0.1) is 22.7 Å². The largest absolute Gasteiger partial charge is 0.355 e. The molecule has 2 fully saturated rings. The van der Waals surface area contributed by atoms with Crippen molar-refractivity contribution in [3.63, 3.8) is 0 Å². The Morgan fingerprint density at radius 2 is 1.05 bits per heavy atom. The summed E-state index contributed by atoms with van der Waals surface area (Å²) in [5, 5.41) is 32.9. The molecule has 2 saturated heterocycles. The summed E-state index contributed by atoms with van der Waals surface area (Å²) >= 11 is 0. The minimum atomic E-state index is 0.256. The molecule has 14 nitrogen and oxygen atoms in total. The van der Waals surface area contributed by atoms with E-state index in [1.54, 1.807) is 0 Å². The number of piperidine rings is 2. The lowest BCUT2D eigenvalue weighted by Gasteiger charge is -2.32. The molecule has 0 unspecified atom stereocenters. The maximum Gasteiger partial charge on any atom is 0.147 e. The Kier molecular flexibility index (Phi) is 11.6. The SMILES string of the molecule is CNC1CCN(c2cnc(-c3ccc4nn(C)cc4c3)c(-c3ccc(C#N)cc3)n2)CC1.Cn1cc2ccc(-c3ncc(N4CCC(N)CC4)nc3-c3ccc(C#N)cc3)cc2n1. The van der Waals surface area contributed by atoms with Gasteiger partial charge in [-0.2, -0.15) is 20.7 Å². The smallest absolute Gasteiger partial charge is 0.147 e. The molecular formula is C49H48N14. The molecule has 6 heterocycles. The van der Waals surface area contributed by atoms with Crippen molar-refractivity contribution in [3.8, 4) is 57.2 Å². The van der Waals surface area contributed by atoms with Gasteiger partial charge < -0.3 is 20.9 Å². The Morgan fingerprint density at radius 1 is 0.571 bits per heavy atom. The molecule has 63 heavy (non-hydrogen) atoms. The Labute approximate surface area is 366 Å². The van der Waals surface area contributed by atoms with E-state index in [0.717, 1.165) is 130 Å². The quantitative estimate of drug-likeness (QED) is 0.165. The Hall–Kier alpha value is -7.52. The predicted octanol–water partition coefficient (Wildman–Crippen LogP) is 7.25. The van der Waals surface area contributed by atoms with E-state index < -0.39 is 0 Å². The van der Waals surface area contributed by atoms with Gasteiger partial charge in [0.1, 0.15) is 11.6 Å². The van der Waals surface area contributed by atoms with E-state index in [4.69, 9.17) is 30.9 Å². The topological polar surface area (TPSA) is 179 Å². The van der Waals surface area contributed by atoms with Crippen LogP contribution >= 0.6 is 0 Å². The summed E-state index contributed by atoms with van der Waals surface area (Å²) in [6.07, 6.45) is 11.8. The molecule has 4 aromatic heterocycles. The maximum absolute atomic E-state index is 9.19. The Balaban J connectivity index is 0.000000160. The summed E-state index contributed by atoms with van der Waals surface area (Å²) in [6, 6.07) is 32.6. The third-order valence-electron chi connectivity index (χ3n) is 12.0. The van der Waals surface area contributed by atoms with Crippen LogP contribution in [0.25, 0.3) is 66.8 Å². The van der Waals surface area contributed by atoms with Crippen molar-refractivity contribution >= 4 is 33.4 Å². The molecule has 0 atom stereocenters. The zero-order valence-corrected chi connectivity index (χ0v) is 35.6. The number of hydrogen-bond acceptors (Lipinski definition) is 12. The number of fused-ring (bicyclic) bond motifs is 2. The molecule has 2 aliphatic rings. The van der Waals surface area contributed by atoms with Crippen LogP contribution in [0.4, 0.5) is 11.6 Å². The van der Waals surface area contributed by atoms with Gasteiger partial charge in [0.25, 0.3) is 0 Å². The summed E-state index contributed by atoms with van der Waals surface area (Å²) < 4.78 is 3.63. The number of aromatic nitrogens is 8. The van der Waals surface area contributed by atoms with E-state index in [1.165, 1.54) is 0 Å². The number of nitrogens with two attached hydrogens (primary N) is 1. The third-order valence-corrected chi connectivity index (χ3v) is 12.0. The highest BCUT2D eigenvalue weighted by atomic mass is 15.3. The number of nitriles is 2. The van der Waals surface area contributed by atoms with Gasteiger partial charge in [0.15, 0.2) is 0 Å². The minimum absolute atomic E-state index is 0.256. The van der Waals surface area contributed by atoms with Gasteiger partial charge >= 0.3 is 0 Å². The van der Waals surface area contributed by atoms with E-state index in [9.17, 15) is 5.26 Å². The van der Waals surface area contributed by atoms with Crippen LogP contribution in [0.3, 0.4) is 0 Å². The second-order valence-electron chi connectivity index (χ2n) is 16.3. The first-order valence-corrected chi connectivity index (χ1v) is 21.3. The van der Waals surface area contributed by atoms with Crippen molar-refractivity contribution in [2.75, 3.05) is 43.0 Å². The molecule has 314 valence electrons. The number of aryl methyl sites for hydroxylation is 2. The van der Waals surface area contributed by atoms with Crippen molar-refractivity contribution in [2.45, 2.75) is 37.8 Å². The molecule has 4 aromatic carbocycles. The summed E-state index contributed by atoms with van der Waals surface area (Å²) in [5.41, 5.74) is 16.3. The van der Waals surface area contributed by atoms with Crippen molar-refractivity contribution in [3.05, 3.63) is 121 Å². The first kappa shape index (κ1) is 40.9. The summed E-state index contributed by atoms with van der Waals surface area (Å²) in [7, 11) is 5.87. The number of nitrogens with one attached hydrogen (secondary N) is 1. The first-order chi connectivity index (χ1) is 30.7. The number of anilines is 2. The highest BCUT2D eigenvalue weighted by molar-refractivity contribution is 5.88. The van der Waals surface area contributed by atoms with E-state index in [0.29, 0.717) is 17.2 Å². The zero-order chi connectivity index (χ0) is 43.5. The molecule has 10 rings (SSSR count). The van der Waals surface area contributed by atoms with Crippen LogP contribution < -0.4 is 20.9 Å². The normalized spacial score (nSPS) is 14.6. The van der Waals surface area contributed by atoms with Crippen molar-refractivity contribution < 1.29 is 0 Å². The second kappa shape index (κ2) is 17.8. The number of rotatable bonds is 7. The summed E-state index contributed by atoms with van der Waals surface area (Å²) in [5.74, 6) is 1.75. The fourth-order valence-corrected chi connectivity index (χ4v) is 8.40. The fourth-order valence-electron chi connectivity index (χ4n) is 8.40. The Morgan fingerprint density at radius 3 is 1.59 bits per heavy atom. The lowest BCUT2D eigenvalue weighted by Crippen LogP contribution is -2.41. The van der Waals surface area contributed by atoms with E-state index >= 15 is 0 Å². The summed E-state index contributed by atoms with van der Waals surface area (Å²) in [6.45, 7) is 3.66. The molecule has 0 bridgehead atoms. The monoisotopic (exact) mass is 832 g/mol. The summed E-state index contributed by atoms with van der Waals surface area (Å²) in [4.78, 5) is 24.4. The maximum atomic E-state index is 9.19. The van der Waals surface area contributed by atoms with Gasteiger partial charge in [0.2, 0.25) is 0 Å². The third kappa shape index (κ3) is 8.81. The van der Waals surface area contributed by atoms with Gasteiger partial charge in [-0.1, -0.05) is 42.5 Å². The molecule has 0 aliphatic carbocycles. The molecule has 0 amide bonds. The van der Waals surface area contributed by atoms with Gasteiger partial charge in [0, 0.05) is 97.8 Å². The number of hydrogen-bond donors (Lipinski definition) is 2. The van der Waals surface area contributed by atoms with E-state index in [1.807, 2.05) is 122 Å². The average Bonchev–Trinajstić information content (AvgIpc) is 3.91. The molecular weight excluding hydrogens is 785 g/mol. The lowest BCUT2D eigenvalue weighted by atomic mass is 10.0. The number of benzene rings is 4. The Bertz CT molecular complexity index is 2980. The molecule has 2 aliphatic heterocycles. The van der Waals surface area contributed by atoms with Crippen LogP contribution in [0.5, 0.6) is 0 Å². The van der Waals surface area contributed by atoms with E-state index in [2.05, 4.69) is 55.7 Å². The fraction of sp³-hybridized carbons (Fsp3) is 0.265. The predicted molar refractivity (Wildman–Crippen MR) is 247 cm³/mol. The first-order valence-electron chi connectivity index (χ1n) is 21.3. The van der Waals surface area contributed by atoms with Crippen LogP contribution in [-0.4, -0.2) is 84.8 Å². The van der Waals surface area contributed by atoms with Gasteiger partial charge in [-0.3, -0.25) is 19.3 Å². The van der Waals surface area contributed by atoms with Gasteiger partial charge in [-0.25, -0.2) is 9.97 Å². The standard InChI is InChI=1S/C25H25N7.C24H23N7/c1-27-21-9-11-32(12-10-21)23-15-28-24(19-7-8-22-20(13-19)16-31(2)30-22)25(29-23)18-5-3-17(14-26)4-6-18;1-30-15-19-7-6-18(12-21(19)29-30)23-24(17-4-2-16(13-25)3-5-17)28-22(14-27-23)31-10-8-20(26)9-11-31/h3-8,13,15-16,21,27H,9-12H2,1-2H3;2-7,12,14-15,20H,8-11,26H2,1H3. The highest BCUT2D eigenvalue weighted by Gasteiger charge is 2.23. The lowest BCUT2D eigenvalue weighted by molar-refractivity contribution is 0.440. The van der Waals surface area contributed by atoms with Crippen molar-refractivity contribution in [2.24, 2.45) is 19.8 Å². The molecule has 0 spiro atoms. The second-order valence-corrected chi connectivity index (χ2v) is 16.3. The molecule has 0 saturated carbocycles.